The Hall–Kier alpha value is -4.45. The highest BCUT2D eigenvalue weighted by atomic mass is 17.2. The number of carbonyl (C=O) groups is 3. The topological polar surface area (TPSA) is 78.9 Å². The number of esters is 1. The van der Waals surface area contributed by atoms with Crippen LogP contribution in [0.25, 0.3) is 6.08 Å². The number of ether oxygens (including phenoxy) is 1. The van der Waals surface area contributed by atoms with Gasteiger partial charge in [-0.15, -0.1) is 0 Å². The second-order valence-corrected chi connectivity index (χ2v) is 6.36. The summed E-state index contributed by atoms with van der Waals surface area (Å²) in [5.74, 6) is -1.76. The van der Waals surface area contributed by atoms with E-state index in [1.807, 2.05) is 36.4 Å². The molecular weight excluding hydrogens is 420 g/mol. The molecule has 0 saturated carbocycles. The van der Waals surface area contributed by atoms with Crippen molar-refractivity contribution in [1.82, 2.24) is 0 Å². The maximum atomic E-state index is 11.5. The molecule has 0 bridgehead atoms. The molecule has 0 heterocycles. The maximum Gasteiger partial charge on any atom is 0.386 e. The van der Waals surface area contributed by atoms with Crippen molar-refractivity contribution in [2.24, 2.45) is 0 Å². The van der Waals surface area contributed by atoms with Crippen molar-refractivity contribution in [3.63, 3.8) is 0 Å². The van der Waals surface area contributed by atoms with Crippen LogP contribution in [0.5, 0.6) is 0 Å². The molecule has 6 nitrogen and oxygen atoms in total. The molecule has 0 atom stereocenters. The van der Waals surface area contributed by atoms with Gasteiger partial charge in [0.25, 0.3) is 0 Å². The summed E-state index contributed by atoms with van der Waals surface area (Å²) in [6.45, 7) is 8.59. The second kappa shape index (κ2) is 15.4. The van der Waals surface area contributed by atoms with E-state index in [0.29, 0.717) is 16.7 Å². The maximum absolute atomic E-state index is 11.5. The molecule has 0 aliphatic carbocycles. The van der Waals surface area contributed by atoms with E-state index < -0.39 is 11.9 Å². The minimum Gasteiger partial charge on any atom is -0.466 e. The normalized spacial score (nSPS) is 8.91. The van der Waals surface area contributed by atoms with Crippen molar-refractivity contribution >= 4 is 24.0 Å². The van der Waals surface area contributed by atoms with Crippen molar-refractivity contribution in [1.29, 1.82) is 0 Å². The minimum atomic E-state index is -0.708. The van der Waals surface area contributed by atoms with Crippen molar-refractivity contribution in [2.45, 2.75) is 6.92 Å². The summed E-state index contributed by atoms with van der Waals surface area (Å²) in [6, 6.07) is 26.6. The number of benzene rings is 3. The van der Waals surface area contributed by atoms with Crippen LogP contribution in [0.1, 0.15) is 33.2 Å². The molecule has 0 aliphatic heterocycles. The van der Waals surface area contributed by atoms with Gasteiger partial charge in [-0.2, -0.15) is 0 Å². The van der Waals surface area contributed by atoms with Crippen LogP contribution in [-0.4, -0.2) is 25.0 Å². The lowest BCUT2D eigenvalue weighted by Gasteiger charge is -2.02. The molecule has 0 unspecified atom stereocenters. The Labute approximate surface area is 193 Å². The lowest BCUT2D eigenvalue weighted by Crippen LogP contribution is -2.11. The Balaban J connectivity index is 0.000000300. The zero-order valence-electron chi connectivity index (χ0n) is 18.6. The molecule has 0 aliphatic rings. The largest absolute Gasteiger partial charge is 0.466 e. The summed E-state index contributed by atoms with van der Waals surface area (Å²) >= 11 is 0. The van der Waals surface area contributed by atoms with Crippen LogP contribution >= 0.6 is 0 Å². The smallest absolute Gasteiger partial charge is 0.386 e. The SMILES string of the molecule is C=C(C)C(=O)OC.C=Cc1ccccc1.O=C(OOC(=O)c1ccccc1)c1ccccc1. The molecule has 0 saturated heterocycles. The van der Waals surface area contributed by atoms with E-state index in [-0.39, 0.29) is 5.97 Å². The highest BCUT2D eigenvalue weighted by Gasteiger charge is 2.13. The lowest BCUT2D eigenvalue weighted by molar-refractivity contribution is -0.187. The fourth-order valence-corrected chi connectivity index (χ4v) is 2.08. The van der Waals surface area contributed by atoms with Gasteiger partial charge in [-0.05, 0) is 36.8 Å². The van der Waals surface area contributed by atoms with Gasteiger partial charge in [0.15, 0.2) is 0 Å². The standard InChI is InChI=1S/C14H10O4.C8H8.C5H8O2/c15-13(11-7-3-1-4-8-11)17-18-14(16)12-9-5-2-6-10-12;1-2-8-6-4-3-5-7-8;1-4(2)5(6)7-3/h1-10H;2-7H,1H2;1H2,2-3H3. The molecule has 6 heteroatoms. The first-order chi connectivity index (χ1) is 15.9. The average Bonchev–Trinajstić information content (AvgIpc) is 2.88. The minimum absolute atomic E-state index is 0.318. The third-order valence-corrected chi connectivity index (χ3v) is 3.78. The molecular formula is C27H26O6. The van der Waals surface area contributed by atoms with E-state index in [4.69, 9.17) is 0 Å². The Kier molecular flexibility index (Phi) is 12.4. The van der Waals surface area contributed by atoms with Crippen LogP contribution in [0, 0.1) is 0 Å². The predicted molar refractivity (Wildman–Crippen MR) is 127 cm³/mol. The molecule has 0 radical (unpaired) electrons. The Morgan fingerprint density at radius 3 is 1.30 bits per heavy atom. The third kappa shape index (κ3) is 10.9. The van der Waals surface area contributed by atoms with Gasteiger partial charge in [0, 0.05) is 5.57 Å². The first-order valence-electron chi connectivity index (χ1n) is 9.83. The van der Waals surface area contributed by atoms with Crippen molar-refractivity contribution in [3.8, 4) is 0 Å². The molecule has 33 heavy (non-hydrogen) atoms. The van der Waals surface area contributed by atoms with E-state index in [1.54, 1.807) is 67.6 Å². The molecule has 0 amide bonds. The number of hydrogen-bond donors (Lipinski definition) is 0. The number of methoxy groups -OCH3 is 1. The van der Waals surface area contributed by atoms with Gasteiger partial charge in [-0.25, -0.2) is 24.2 Å². The Bertz CT molecular complexity index is 976. The summed E-state index contributed by atoms with van der Waals surface area (Å²) in [5, 5.41) is 0. The van der Waals surface area contributed by atoms with Gasteiger partial charge in [0.05, 0.1) is 18.2 Å². The van der Waals surface area contributed by atoms with E-state index >= 15 is 0 Å². The first kappa shape index (κ1) is 26.6. The van der Waals surface area contributed by atoms with Gasteiger partial charge in [-0.1, -0.05) is 86.0 Å². The molecule has 3 aromatic carbocycles. The van der Waals surface area contributed by atoms with E-state index in [1.165, 1.54) is 12.7 Å². The van der Waals surface area contributed by atoms with Crippen LogP contribution in [0.15, 0.2) is 110 Å². The van der Waals surface area contributed by atoms with Crippen molar-refractivity contribution in [3.05, 3.63) is 126 Å². The third-order valence-electron chi connectivity index (χ3n) is 3.78. The van der Waals surface area contributed by atoms with Crippen LogP contribution in [0.2, 0.25) is 0 Å². The van der Waals surface area contributed by atoms with Gasteiger partial charge in [0.1, 0.15) is 0 Å². The summed E-state index contributed by atoms with van der Waals surface area (Å²) in [5.41, 5.74) is 2.24. The summed E-state index contributed by atoms with van der Waals surface area (Å²) < 4.78 is 4.27. The highest BCUT2D eigenvalue weighted by Crippen LogP contribution is 2.05. The quantitative estimate of drug-likeness (QED) is 0.222. The molecule has 170 valence electrons. The van der Waals surface area contributed by atoms with Gasteiger partial charge < -0.3 is 4.74 Å². The van der Waals surface area contributed by atoms with E-state index in [9.17, 15) is 14.4 Å². The molecule has 3 rings (SSSR count). The number of carbonyl (C=O) groups excluding carboxylic acids is 3. The highest BCUT2D eigenvalue weighted by molar-refractivity contribution is 5.92. The van der Waals surface area contributed by atoms with Gasteiger partial charge in [-0.3, -0.25) is 0 Å². The fourth-order valence-electron chi connectivity index (χ4n) is 2.08. The fraction of sp³-hybridized carbons (Fsp3) is 0.0741. The monoisotopic (exact) mass is 446 g/mol. The molecule has 0 aromatic heterocycles. The van der Waals surface area contributed by atoms with Crippen LogP contribution in [-0.2, 0) is 19.3 Å². The summed E-state index contributed by atoms with van der Waals surface area (Å²) in [4.78, 5) is 42.1. The Morgan fingerprint density at radius 1 is 0.697 bits per heavy atom. The second-order valence-electron chi connectivity index (χ2n) is 6.36. The van der Waals surface area contributed by atoms with Crippen LogP contribution in [0.3, 0.4) is 0 Å². The number of hydrogen-bond acceptors (Lipinski definition) is 6. The zero-order valence-corrected chi connectivity index (χ0v) is 18.6. The predicted octanol–water partition coefficient (Wildman–Crippen LogP) is 5.68. The van der Waals surface area contributed by atoms with Gasteiger partial charge >= 0.3 is 17.9 Å². The van der Waals surface area contributed by atoms with Crippen LogP contribution in [0.4, 0.5) is 0 Å². The van der Waals surface area contributed by atoms with E-state index in [0.717, 1.165) is 0 Å². The molecule has 0 N–H and O–H groups in total. The van der Waals surface area contributed by atoms with Crippen molar-refractivity contribution in [2.75, 3.05) is 7.11 Å². The first-order valence-corrected chi connectivity index (χ1v) is 9.83. The van der Waals surface area contributed by atoms with Crippen LogP contribution < -0.4 is 0 Å². The summed E-state index contributed by atoms with van der Waals surface area (Å²) in [7, 11) is 1.33. The zero-order chi connectivity index (χ0) is 24.5. The Morgan fingerprint density at radius 2 is 1.06 bits per heavy atom. The van der Waals surface area contributed by atoms with Crippen molar-refractivity contribution < 1.29 is 28.9 Å². The van der Waals surface area contributed by atoms with Gasteiger partial charge in [0.2, 0.25) is 0 Å². The summed E-state index contributed by atoms with van der Waals surface area (Å²) in [6.07, 6.45) is 1.83. The number of rotatable bonds is 4. The average molecular weight is 446 g/mol. The molecule has 0 fully saturated rings. The molecule has 0 spiro atoms. The lowest BCUT2D eigenvalue weighted by atomic mass is 10.2. The van der Waals surface area contributed by atoms with E-state index in [2.05, 4.69) is 27.7 Å². The molecule has 3 aromatic rings.